The quantitative estimate of drug-likeness (QED) is 0.338. The molecule has 9 nitrogen and oxygen atoms in total. The van der Waals surface area contributed by atoms with Gasteiger partial charge in [-0.2, -0.15) is 0 Å². The second kappa shape index (κ2) is 7.36. The van der Waals surface area contributed by atoms with Gasteiger partial charge in [-0.25, -0.2) is 4.79 Å². The van der Waals surface area contributed by atoms with Crippen LogP contribution in [0.1, 0.15) is 6.92 Å². The lowest BCUT2D eigenvalue weighted by atomic mass is 9.94. The number of rotatable bonds is 5. The molecule has 21 heavy (non-hydrogen) atoms. The Morgan fingerprint density at radius 3 is 2.57 bits per heavy atom. The SMILES string of the molecule is COC(=O)C1=CC(O)C(NC(C)=O)C(C(O)C(O)CO)O1. The van der Waals surface area contributed by atoms with Crippen LogP contribution in [-0.4, -0.2) is 76.5 Å². The maximum Gasteiger partial charge on any atom is 0.373 e. The molecular weight excluding hydrogens is 286 g/mol. The molecule has 0 spiro atoms. The van der Waals surface area contributed by atoms with Crippen LogP contribution in [0.3, 0.4) is 0 Å². The molecule has 1 amide bonds. The second-order valence-corrected chi connectivity index (χ2v) is 4.56. The molecule has 0 fully saturated rings. The minimum Gasteiger partial charge on any atom is -0.478 e. The van der Waals surface area contributed by atoms with E-state index in [1.165, 1.54) is 6.92 Å². The summed E-state index contributed by atoms with van der Waals surface area (Å²) in [6, 6.07) is -1.10. The molecule has 1 aliphatic heterocycles. The number of amides is 1. The third-order valence-corrected chi connectivity index (χ3v) is 2.98. The average molecular weight is 305 g/mol. The Labute approximate surface area is 120 Å². The van der Waals surface area contributed by atoms with Crippen LogP contribution in [0.2, 0.25) is 0 Å². The lowest BCUT2D eigenvalue weighted by Crippen LogP contribution is -2.59. The first kappa shape index (κ1) is 17.4. The van der Waals surface area contributed by atoms with E-state index in [4.69, 9.17) is 9.84 Å². The lowest BCUT2D eigenvalue weighted by Gasteiger charge is -2.38. The van der Waals surface area contributed by atoms with Crippen LogP contribution < -0.4 is 5.32 Å². The van der Waals surface area contributed by atoms with E-state index in [0.717, 1.165) is 13.2 Å². The molecule has 0 aromatic heterocycles. The highest BCUT2D eigenvalue weighted by molar-refractivity contribution is 5.86. The van der Waals surface area contributed by atoms with Crippen molar-refractivity contribution < 1.29 is 39.5 Å². The summed E-state index contributed by atoms with van der Waals surface area (Å²) in [7, 11) is 1.10. The van der Waals surface area contributed by atoms with Gasteiger partial charge < -0.3 is 35.2 Å². The molecule has 5 N–H and O–H groups in total. The molecule has 9 heteroatoms. The molecule has 5 unspecified atom stereocenters. The molecule has 1 rings (SSSR count). The number of hydrogen-bond donors (Lipinski definition) is 5. The van der Waals surface area contributed by atoms with Crippen molar-refractivity contribution in [3.63, 3.8) is 0 Å². The van der Waals surface area contributed by atoms with Crippen molar-refractivity contribution in [2.24, 2.45) is 0 Å². The molecule has 0 saturated heterocycles. The number of hydrogen-bond acceptors (Lipinski definition) is 8. The molecule has 0 aliphatic carbocycles. The van der Waals surface area contributed by atoms with E-state index < -0.39 is 48.9 Å². The van der Waals surface area contributed by atoms with E-state index >= 15 is 0 Å². The van der Waals surface area contributed by atoms with Crippen molar-refractivity contribution in [3.8, 4) is 0 Å². The normalized spacial score (nSPS) is 27.9. The van der Waals surface area contributed by atoms with Crippen LogP contribution in [0.5, 0.6) is 0 Å². The summed E-state index contributed by atoms with van der Waals surface area (Å²) in [6.07, 6.45) is -4.88. The van der Waals surface area contributed by atoms with Crippen molar-refractivity contribution in [1.29, 1.82) is 0 Å². The fraction of sp³-hybridized carbons (Fsp3) is 0.667. The fourth-order valence-electron chi connectivity index (χ4n) is 1.94. The number of methoxy groups -OCH3 is 1. The minimum atomic E-state index is -1.64. The zero-order valence-corrected chi connectivity index (χ0v) is 11.6. The molecule has 0 radical (unpaired) electrons. The smallest absolute Gasteiger partial charge is 0.373 e. The van der Waals surface area contributed by atoms with E-state index in [1.807, 2.05) is 0 Å². The number of aliphatic hydroxyl groups is 4. The molecular formula is C12H19NO8. The van der Waals surface area contributed by atoms with E-state index in [1.54, 1.807) is 0 Å². The molecule has 5 atom stereocenters. The van der Waals surface area contributed by atoms with Gasteiger partial charge in [-0.05, 0) is 6.08 Å². The minimum absolute atomic E-state index is 0.360. The van der Waals surface area contributed by atoms with Crippen molar-refractivity contribution in [2.75, 3.05) is 13.7 Å². The first-order chi connectivity index (χ1) is 9.81. The lowest BCUT2D eigenvalue weighted by molar-refractivity contribution is -0.152. The highest BCUT2D eigenvalue weighted by Gasteiger charge is 2.43. The zero-order chi connectivity index (χ0) is 16.2. The van der Waals surface area contributed by atoms with Crippen molar-refractivity contribution >= 4 is 11.9 Å². The van der Waals surface area contributed by atoms with Gasteiger partial charge in [0.25, 0.3) is 0 Å². The van der Waals surface area contributed by atoms with Gasteiger partial charge in [-0.1, -0.05) is 0 Å². The van der Waals surface area contributed by atoms with E-state index in [2.05, 4.69) is 10.1 Å². The Kier molecular flexibility index (Phi) is 6.09. The number of nitrogens with one attached hydrogen (secondary N) is 1. The van der Waals surface area contributed by atoms with Gasteiger partial charge in [0, 0.05) is 6.92 Å². The fourth-order valence-corrected chi connectivity index (χ4v) is 1.94. The van der Waals surface area contributed by atoms with Gasteiger partial charge in [0.05, 0.1) is 19.8 Å². The van der Waals surface area contributed by atoms with Crippen molar-refractivity contribution in [2.45, 2.75) is 37.4 Å². The zero-order valence-electron chi connectivity index (χ0n) is 11.6. The van der Waals surface area contributed by atoms with E-state index in [-0.39, 0.29) is 5.76 Å². The van der Waals surface area contributed by atoms with Gasteiger partial charge in [0.1, 0.15) is 18.3 Å². The summed E-state index contributed by atoms with van der Waals surface area (Å²) in [5, 5.41) is 40.6. The van der Waals surface area contributed by atoms with Crippen molar-refractivity contribution in [3.05, 3.63) is 11.8 Å². The van der Waals surface area contributed by atoms with Crippen LogP contribution >= 0.6 is 0 Å². The van der Waals surface area contributed by atoms with Crippen LogP contribution in [0, 0.1) is 0 Å². The maximum absolute atomic E-state index is 11.4. The summed E-state index contributed by atoms with van der Waals surface area (Å²) in [5.41, 5.74) is 0. The Balaban J connectivity index is 3.05. The highest BCUT2D eigenvalue weighted by atomic mass is 16.6. The molecule has 120 valence electrons. The Hall–Kier alpha value is -1.68. The maximum atomic E-state index is 11.4. The van der Waals surface area contributed by atoms with Gasteiger partial charge >= 0.3 is 5.97 Å². The summed E-state index contributed by atoms with van der Waals surface area (Å²) in [5.74, 6) is -1.75. The number of ether oxygens (including phenoxy) is 2. The van der Waals surface area contributed by atoms with Crippen LogP contribution in [0.15, 0.2) is 11.8 Å². The monoisotopic (exact) mass is 305 g/mol. The number of aliphatic hydroxyl groups excluding tert-OH is 4. The molecule has 0 aromatic carbocycles. The number of carbonyl (C=O) groups excluding carboxylic acids is 2. The summed E-state index contributed by atoms with van der Waals surface area (Å²) in [4.78, 5) is 22.6. The van der Waals surface area contributed by atoms with E-state index in [0.29, 0.717) is 0 Å². The first-order valence-electron chi connectivity index (χ1n) is 6.20. The predicted octanol–water partition coefficient (Wildman–Crippen LogP) is -2.98. The van der Waals surface area contributed by atoms with Crippen LogP contribution in [0.25, 0.3) is 0 Å². The average Bonchev–Trinajstić information content (AvgIpc) is 2.46. The van der Waals surface area contributed by atoms with Crippen LogP contribution in [-0.2, 0) is 19.1 Å². The molecule has 1 aliphatic rings. The van der Waals surface area contributed by atoms with Gasteiger partial charge in [0.2, 0.25) is 11.7 Å². The van der Waals surface area contributed by atoms with Crippen molar-refractivity contribution in [1.82, 2.24) is 5.32 Å². The first-order valence-corrected chi connectivity index (χ1v) is 6.20. The Morgan fingerprint density at radius 1 is 1.48 bits per heavy atom. The van der Waals surface area contributed by atoms with Crippen LogP contribution in [0.4, 0.5) is 0 Å². The Bertz CT molecular complexity index is 423. The third kappa shape index (κ3) is 4.14. The number of carbonyl (C=O) groups is 2. The third-order valence-electron chi connectivity index (χ3n) is 2.98. The summed E-state index contributed by atoms with van der Waals surface area (Å²) >= 11 is 0. The topological polar surface area (TPSA) is 146 Å². The Morgan fingerprint density at radius 2 is 2.10 bits per heavy atom. The second-order valence-electron chi connectivity index (χ2n) is 4.56. The largest absolute Gasteiger partial charge is 0.478 e. The van der Waals surface area contributed by atoms with Gasteiger partial charge in [-0.3, -0.25) is 4.79 Å². The molecule has 0 bridgehead atoms. The molecule has 1 heterocycles. The van der Waals surface area contributed by atoms with E-state index in [9.17, 15) is 24.9 Å². The predicted molar refractivity (Wildman–Crippen MR) is 67.7 cm³/mol. The summed E-state index contributed by atoms with van der Waals surface area (Å²) < 4.78 is 9.64. The number of esters is 1. The molecule has 0 saturated carbocycles. The molecule has 0 aromatic rings. The van der Waals surface area contributed by atoms with Gasteiger partial charge in [-0.15, -0.1) is 0 Å². The summed E-state index contributed by atoms with van der Waals surface area (Å²) in [6.45, 7) is 0.430. The standard InChI is InChI=1S/C12H19NO8/c1-5(15)13-9-6(16)3-8(12(19)20-2)21-11(9)10(18)7(17)4-14/h3,6-7,9-11,14,16-18H,4H2,1-2H3,(H,13,15). The van der Waals surface area contributed by atoms with Gasteiger partial charge in [0.15, 0.2) is 6.10 Å². The highest BCUT2D eigenvalue weighted by Crippen LogP contribution is 2.23.